The molecule has 2 atom stereocenters. The first kappa shape index (κ1) is 60.1. The van der Waals surface area contributed by atoms with E-state index in [1.807, 2.05) is 12.1 Å². The molecule has 2 aliphatic rings. The Hall–Kier alpha value is -5.14. The maximum absolute atomic E-state index is 12.9. The van der Waals surface area contributed by atoms with Crippen LogP contribution in [-0.4, -0.2) is 135 Å². The number of benzene rings is 4. The zero-order valence-electron chi connectivity index (χ0n) is 43.4. The minimum Gasteiger partial charge on any atom is -0.496 e. The second-order valence-corrected chi connectivity index (χ2v) is 22.2. The molecular weight excluding hydrogens is 1070 g/mol. The molecule has 6 rings (SSSR count). The number of nitrogens with one attached hydrogen (secondary N) is 6. The van der Waals surface area contributed by atoms with Crippen LogP contribution in [0.4, 0.5) is 9.59 Å². The molecule has 0 heterocycles. The SMILES string of the molecule is COc1cc(Cl)cc2c1CC[C@H]2Oc1ccc(S(=O)(=O)NCCOCCOCCNC(=O)NCCCCNC(=O)NCCOCCOCCNS(=O)(=O)c2ccc(O[C@@H]3CCc4c(OC)cc(Cl)cc43)c(C)c2)cc1C. The van der Waals surface area contributed by atoms with Gasteiger partial charge in [0.25, 0.3) is 0 Å². The lowest BCUT2D eigenvalue weighted by Gasteiger charge is -2.18. The maximum atomic E-state index is 12.9. The van der Waals surface area contributed by atoms with Crippen LogP contribution < -0.4 is 49.7 Å². The summed E-state index contributed by atoms with van der Waals surface area (Å²) in [5.41, 5.74) is 5.45. The van der Waals surface area contributed by atoms with Gasteiger partial charge >= 0.3 is 12.1 Å². The van der Waals surface area contributed by atoms with Crippen LogP contribution in [0.5, 0.6) is 23.0 Å². The molecule has 4 aromatic carbocycles. The Labute approximate surface area is 455 Å². The normalized spacial score (nSPS) is 14.9. The molecule has 0 bridgehead atoms. The lowest BCUT2D eigenvalue weighted by atomic mass is 10.1. The van der Waals surface area contributed by atoms with Crippen molar-refractivity contribution < 1.29 is 64.3 Å². The van der Waals surface area contributed by atoms with Gasteiger partial charge in [-0.3, -0.25) is 0 Å². The van der Waals surface area contributed by atoms with E-state index in [4.69, 9.17) is 61.1 Å². The smallest absolute Gasteiger partial charge is 0.314 e. The van der Waals surface area contributed by atoms with Crippen molar-refractivity contribution >= 4 is 55.3 Å². The summed E-state index contributed by atoms with van der Waals surface area (Å²) >= 11 is 12.6. The van der Waals surface area contributed by atoms with Gasteiger partial charge in [-0.25, -0.2) is 35.9 Å². The third-order valence-electron chi connectivity index (χ3n) is 12.4. The van der Waals surface area contributed by atoms with Gasteiger partial charge < -0.3 is 59.2 Å². The van der Waals surface area contributed by atoms with Gasteiger partial charge in [-0.05, 0) is 124 Å². The predicted molar refractivity (Wildman–Crippen MR) is 287 cm³/mol. The average molecular weight is 1140 g/mol. The topological polar surface area (TPSA) is 248 Å². The largest absolute Gasteiger partial charge is 0.496 e. The number of sulfonamides is 2. The van der Waals surface area contributed by atoms with Crippen molar-refractivity contribution in [2.24, 2.45) is 0 Å². The van der Waals surface area contributed by atoms with Crippen molar-refractivity contribution in [1.29, 1.82) is 0 Å². The number of hydrogen-bond acceptors (Lipinski definition) is 14. The summed E-state index contributed by atoms with van der Waals surface area (Å²) in [6.45, 7) is 7.01. The number of methoxy groups -OCH3 is 2. The van der Waals surface area contributed by atoms with E-state index in [-0.39, 0.29) is 113 Å². The number of unbranched alkanes of at least 4 members (excludes halogenated alkanes) is 1. The first-order valence-corrected chi connectivity index (χ1v) is 28.9. The third-order valence-corrected chi connectivity index (χ3v) is 15.7. The highest BCUT2D eigenvalue weighted by Gasteiger charge is 2.30. The van der Waals surface area contributed by atoms with Gasteiger partial charge in [0.05, 0.1) is 76.9 Å². The molecule has 4 amide bonds. The fourth-order valence-electron chi connectivity index (χ4n) is 8.55. The van der Waals surface area contributed by atoms with Crippen LogP contribution >= 0.6 is 23.2 Å². The monoisotopic (exact) mass is 1140 g/mol. The van der Waals surface area contributed by atoms with E-state index < -0.39 is 20.0 Å². The van der Waals surface area contributed by atoms with Crippen molar-refractivity contribution in [1.82, 2.24) is 30.7 Å². The molecule has 0 aromatic heterocycles. The molecule has 76 heavy (non-hydrogen) atoms. The molecule has 4 aromatic rings. The van der Waals surface area contributed by atoms with Crippen molar-refractivity contribution in [2.45, 2.75) is 74.4 Å². The highest BCUT2D eigenvalue weighted by Crippen LogP contribution is 2.43. The van der Waals surface area contributed by atoms with Crippen LogP contribution in [0.1, 0.15) is 71.3 Å². The Morgan fingerprint density at radius 3 is 1.24 bits per heavy atom. The van der Waals surface area contributed by atoms with Gasteiger partial charge in [0.1, 0.15) is 35.2 Å². The molecule has 0 saturated heterocycles. The lowest BCUT2D eigenvalue weighted by Crippen LogP contribution is -2.39. The Morgan fingerprint density at radius 2 is 0.868 bits per heavy atom. The fraction of sp³-hybridized carbons (Fsp3) is 0.500. The first-order valence-electron chi connectivity index (χ1n) is 25.2. The number of fused-ring (bicyclic) bond motifs is 2. The van der Waals surface area contributed by atoms with E-state index >= 15 is 0 Å². The Morgan fingerprint density at radius 1 is 0.500 bits per heavy atom. The molecule has 0 fully saturated rings. The number of ether oxygens (including phenoxy) is 8. The number of rotatable bonds is 33. The van der Waals surface area contributed by atoms with Gasteiger partial charge in [0, 0.05) is 71.6 Å². The van der Waals surface area contributed by atoms with E-state index in [2.05, 4.69) is 30.7 Å². The summed E-state index contributed by atoms with van der Waals surface area (Å²) in [6, 6.07) is 16.2. The molecule has 0 unspecified atom stereocenters. The summed E-state index contributed by atoms with van der Waals surface area (Å²) in [7, 11) is -4.33. The Kier molecular flexibility index (Phi) is 23.8. The molecule has 418 valence electrons. The zero-order valence-corrected chi connectivity index (χ0v) is 46.5. The van der Waals surface area contributed by atoms with Crippen LogP contribution in [0.2, 0.25) is 10.0 Å². The van der Waals surface area contributed by atoms with Crippen molar-refractivity contribution in [3.63, 3.8) is 0 Å². The molecule has 0 aliphatic heterocycles. The number of carbonyl (C=O) groups is 2. The highest BCUT2D eigenvalue weighted by molar-refractivity contribution is 7.89. The van der Waals surface area contributed by atoms with Gasteiger partial charge in [-0.15, -0.1) is 0 Å². The fourth-order valence-corrected chi connectivity index (χ4v) is 11.2. The predicted octanol–water partition coefficient (Wildman–Crippen LogP) is 6.46. The number of urea groups is 2. The number of carbonyl (C=O) groups excluding carboxylic acids is 2. The summed E-state index contributed by atoms with van der Waals surface area (Å²) < 4.78 is 102. The molecule has 24 heteroatoms. The molecule has 6 N–H and O–H groups in total. The molecular formula is C52H70Cl2N6O14S2. The van der Waals surface area contributed by atoms with Gasteiger partial charge in [0.2, 0.25) is 20.0 Å². The van der Waals surface area contributed by atoms with Gasteiger partial charge in [0.15, 0.2) is 0 Å². The Balaban J connectivity index is 0.691. The second kappa shape index (κ2) is 30.1. The summed E-state index contributed by atoms with van der Waals surface area (Å²) in [5.74, 6) is 2.65. The molecule has 2 aliphatic carbocycles. The average Bonchev–Trinajstić information content (AvgIpc) is 4.00. The van der Waals surface area contributed by atoms with E-state index in [9.17, 15) is 26.4 Å². The van der Waals surface area contributed by atoms with E-state index in [0.29, 0.717) is 58.6 Å². The van der Waals surface area contributed by atoms with Crippen molar-refractivity contribution in [3.8, 4) is 23.0 Å². The summed E-state index contributed by atoms with van der Waals surface area (Å²) in [6.07, 6.45) is 3.96. The molecule has 0 spiro atoms. The van der Waals surface area contributed by atoms with Crippen molar-refractivity contribution in [3.05, 3.63) is 104 Å². The van der Waals surface area contributed by atoms with Crippen molar-refractivity contribution in [2.75, 3.05) is 106 Å². The molecule has 0 saturated carbocycles. The van der Waals surface area contributed by atoms with Crippen LogP contribution in [0, 0.1) is 13.8 Å². The van der Waals surface area contributed by atoms with Crippen LogP contribution in [-0.2, 0) is 51.8 Å². The highest BCUT2D eigenvalue weighted by atomic mass is 35.5. The quantitative estimate of drug-likeness (QED) is 0.0280. The minimum atomic E-state index is -3.78. The van der Waals surface area contributed by atoms with Crippen LogP contribution in [0.15, 0.2) is 70.5 Å². The van der Waals surface area contributed by atoms with E-state index in [1.54, 1.807) is 64.5 Å². The standard InChI is InChI=1S/C52H70Cl2N6O14S2/c1-35-29-39(7-11-45(35)73-47-13-9-41-43(47)31-37(53)33-49(41)67-3)75(63,64)59-19-23-71-27-25-69-21-17-57-51(61)55-15-5-6-16-56-52(62)58-18-22-70-26-28-72-24-20-60-76(65,66)40-8-12-46(36(2)30-40)74-48-14-10-42-44(48)32-38(54)34-50(42)68-4/h7-8,11-12,29-34,47-48,59-60H,5-6,9-10,13-28H2,1-4H3,(H2,55,57,61)(H2,56,58,62)/t47-,48-/m1/s1. The first-order chi connectivity index (χ1) is 36.6. The summed E-state index contributed by atoms with van der Waals surface area (Å²) in [5, 5.41) is 12.1. The number of hydrogen-bond donors (Lipinski definition) is 6. The summed E-state index contributed by atoms with van der Waals surface area (Å²) in [4.78, 5) is 24.4. The third kappa shape index (κ3) is 18.2. The van der Waals surface area contributed by atoms with Crippen LogP contribution in [0.25, 0.3) is 0 Å². The van der Waals surface area contributed by atoms with E-state index in [1.165, 1.54) is 12.1 Å². The molecule has 0 radical (unpaired) electrons. The van der Waals surface area contributed by atoms with E-state index in [0.717, 1.165) is 59.4 Å². The Bertz CT molecular complexity index is 2610. The minimum absolute atomic E-state index is 0.0724. The lowest BCUT2D eigenvalue weighted by molar-refractivity contribution is 0.0516. The molecule has 20 nitrogen and oxygen atoms in total. The number of amides is 4. The number of halogens is 2. The van der Waals surface area contributed by atoms with Gasteiger partial charge in [-0.2, -0.15) is 0 Å². The maximum Gasteiger partial charge on any atom is 0.314 e. The number of aryl methyl sites for hydroxylation is 2. The zero-order chi connectivity index (χ0) is 54.5. The second-order valence-electron chi connectivity index (χ2n) is 17.8. The van der Waals surface area contributed by atoms with Crippen LogP contribution in [0.3, 0.4) is 0 Å². The van der Waals surface area contributed by atoms with Gasteiger partial charge in [-0.1, -0.05) is 23.2 Å².